The molecule has 0 aromatic rings. The zero-order valence-electron chi connectivity index (χ0n) is 6.91. The van der Waals surface area contributed by atoms with Crippen molar-refractivity contribution in [3.05, 3.63) is 0 Å². The minimum atomic E-state index is -0.472. The van der Waals surface area contributed by atoms with Gasteiger partial charge in [0, 0.05) is 12.8 Å². The Labute approximate surface area is 71.0 Å². The molecule has 3 aliphatic rings. The first-order valence-electron chi connectivity index (χ1n) is 4.61. The first-order chi connectivity index (χ1) is 5.80. The van der Waals surface area contributed by atoms with E-state index in [-0.39, 0.29) is 5.92 Å². The fourth-order valence-electron chi connectivity index (χ4n) is 2.89. The van der Waals surface area contributed by atoms with Crippen molar-refractivity contribution < 1.29 is 14.3 Å². The molecule has 0 N–H and O–H groups in total. The predicted molar refractivity (Wildman–Crippen MR) is 40.5 cm³/mol. The van der Waals surface area contributed by atoms with Gasteiger partial charge in [0.15, 0.2) is 5.79 Å². The van der Waals surface area contributed by atoms with Gasteiger partial charge < -0.3 is 9.47 Å². The lowest BCUT2D eigenvalue weighted by atomic mass is 9.93. The number of carbonyl (C=O) groups excluding carboxylic acids is 1. The Morgan fingerprint density at radius 2 is 2.08 bits per heavy atom. The second-order valence-corrected chi connectivity index (χ2v) is 4.04. The van der Waals surface area contributed by atoms with Gasteiger partial charge in [-0.25, -0.2) is 0 Å². The van der Waals surface area contributed by atoms with Crippen molar-refractivity contribution >= 4 is 5.78 Å². The Bertz CT molecular complexity index is 230. The van der Waals surface area contributed by atoms with Crippen molar-refractivity contribution in [1.29, 1.82) is 0 Å². The molecule has 0 aromatic heterocycles. The van der Waals surface area contributed by atoms with E-state index in [0.717, 1.165) is 19.3 Å². The average Bonchev–Trinajstić information content (AvgIpc) is 2.66. The Morgan fingerprint density at radius 3 is 2.67 bits per heavy atom. The highest BCUT2D eigenvalue weighted by Gasteiger charge is 2.59. The molecule has 12 heavy (non-hydrogen) atoms. The molecule has 1 spiro atoms. The predicted octanol–water partition coefficient (Wildman–Crippen LogP) is 0.728. The Balaban J connectivity index is 1.94. The molecule has 2 atom stereocenters. The topological polar surface area (TPSA) is 35.5 Å². The summed E-state index contributed by atoms with van der Waals surface area (Å²) in [5.74, 6) is 0.485. The zero-order chi connectivity index (χ0) is 8.18. The van der Waals surface area contributed by atoms with E-state index in [4.69, 9.17) is 9.47 Å². The van der Waals surface area contributed by atoms with Crippen molar-refractivity contribution in [3.63, 3.8) is 0 Å². The molecule has 3 heteroatoms. The Hall–Kier alpha value is -0.410. The van der Waals surface area contributed by atoms with E-state index in [1.165, 1.54) is 0 Å². The maximum atomic E-state index is 11.4. The van der Waals surface area contributed by atoms with Gasteiger partial charge in [-0.3, -0.25) is 4.79 Å². The van der Waals surface area contributed by atoms with Crippen molar-refractivity contribution in [1.82, 2.24) is 0 Å². The number of carbonyl (C=O) groups is 1. The van der Waals surface area contributed by atoms with Crippen molar-refractivity contribution in [2.45, 2.75) is 25.0 Å². The second-order valence-electron chi connectivity index (χ2n) is 4.04. The number of ketones is 1. The molecule has 1 saturated heterocycles. The first-order valence-corrected chi connectivity index (χ1v) is 4.61. The SMILES string of the molecule is O=C1CC2CC1C1(C2)OCCO1. The molecule has 1 aliphatic heterocycles. The summed E-state index contributed by atoms with van der Waals surface area (Å²) in [6.07, 6.45) is 2.71. The zero-order valence-corrected chi connectivity index (χ0v) is 6.91. The molecule has 2 aliphatic carbocycles. The van der Waals surface area contributed by atoms with E-state index in [9.17, 15) is 4.79 Å². The number of ether oxygens (including phenoxy) is 2. The Kier molecular flexibility index (Phi) is 1.23. The molecule has 1 heterocycles. The molecule has 0 aromatic carbocycles. The van der Waals surface area contributed by atoms with Gasteiger partial charge in [0.25, 0.3) is 0 Å². The molecule has 2 unspecified atom stereocenters. The second kappa shape index (κ2) is 2.09. The van der Waals surface area contributed by atoms with Gasteiger partial charge in [0.2, 0.25) is 0 Å². The van der Waals surface area contributed by atoms with Gasteiger partial charge in [-0.2, -0.15) is 0 Å². The summed E-state index contributed by atoms with van der Waals surface area (Å²) in [6.45, 7) is 1.33. The molecule has 2 bridgehead atoms. The van der Waals surface area contributed by atoms with Crippen LogP contribution in [-0.2, 0) is 14.3 Å². The fraction of sp³-hybridized carbons (Fsp3) is 0.889. The van der Waals surface area contributed by atoms with Crippen molar-refractivity contribution in [2.24, 2.45) is 11.8 Å². The van der Waals surface area contributed by atoms with Crippen LogP contribution in [0, 0.1) is 11.8 Å². The lowest BCUT2D eigenvalue weighted by Crippen LogP contribution is -2.40. The largest absolute Gasteiger partial charge is 0.347 e. The van der Waals surface area contributed by atoms with Gasteiger partial charge >= 0.3 is 0 Å². The maximum absolute atomic E-state index is 11.4. The summed E-state index contributed by atoms with van der Waals surface area (Å²) < 4.78 is 11.1. The van der Waals surface area contributed by atoms with Crippen LogP contribution in [0.15, 0.2) is 0 Å². The van der Waals surface area contributed by atoms with Crippen LogP contribution in [0.3, 0.4) is 0 Å². The van der Waals surface area contributed by atoms with Crippen LogP contribution in [0.25, 0.3) is 0 Å². The van der Waals surface area contributed by atoms with Crippen LogP contribution >= 0.6 is 0 Å². The smallest absolute Gasteiger partial charge is 0.178 e. The average molecular weight is 168 g/mol. The third kappa shape index (κ3) is 0.709. The van der Waals surface area contributed by atoms with E-state index in [1.807, 2.05) is 0 Å². The van der Waals surface area contributed by atoms with E-state index in [1.54, 1.807) is 0 Å². The molecule has 0 amide bonds. The summed E-state index contributed by atoms with van der Waals surface area (Å²) in [4.78, 5) is 11.4. The molecule has 0 radical (unpaired) electrons. The van der Waals surface area contributed by atoms with Crippen LogP contribution in [0.4, 0.5) is 0 Å². The summed E-state index contributed by atoms with van der Waals surface area (Å²) >= 11 is 0. The summed E-state index contributed by atoms with van der Waals surface area (Å²) in [7, 11) is 0. The third-order valence-electron chi connectivity index (χ3n) is 3.33. The molecule has 3 rings (SSSR count). The maximum Gasteiger partial charge on any atom is 0.178 e. The number of fused-ring (bicyclic) bond motifs is 3. The number of rotatable bonds is 0. The number of hydrogen-bond acceptors (Lipinski definition) is 3. The summed E-state index contributed by atoms with van der Waals surface area (Å²) in [5.41, 5.74) is 0. The van der Waals surface area contributed by atoms with E-state index >= 15 is 0 Å². The molecular formula is C9H12O3. The summed E-state index contributed by atoms with van der Waals surface area (Å²) in [5, 5.41) is 0. The highest BCUT2D eigenvalue weighted by atomic mass is 16.7. The standard InChI is InChI=1S/C9H12O3/c10-8-4-6-3-7(8)9(5-6)11-1-2-12-9/h6-7H,1-5H2. The molecule has 66 valence electrons. The van der Waals surface area contributed by atoms with Crippen LogP contribution in [-0.4, -0.2) is 24.8 Å². The normalized spacial score (nSPS) is 43.2. The quantitative estimate of drug-likeness (QED) is 0.535. The summed E-state index contributed by atoms with van der Waals surface area (Å²) in [6, 6.07) is 0. The Morgan fingerprint density at radius 1 is 1.33 bits per heavy atom. The molecular weight excluding hydrogens is 156 g/mol. The fourth-order valence-corrected chi connectivity index (χ4v) is 2.89. The van der Waals surface area contributed by atoms with Crippen LogP contribution in [0.1, 0.15) is 19.3 Å². The highest BCUT2D eigenvalue weighted by Crippen LogP contribution is 2.52. The van der Waals surface area contributed by atoms with Gasteiger partial charge in [-0.1, -0.05) is 0 Å². The van der Waals surface area contributed by atoms with Crippen molar-refractivity contribution in [3.8, 4) is 0 Å². The molecule has 2 saturated carbocycles. The minimum Gasteiger partial charge on any atom is -0.347 e. The van der Waals surface area contributed by atoms with Gasteiger partial charge in [0.05, 0.1) is 19.1 Å². The number of hydrogen-bond donors (Lipinski definition) is 0. The van der Waals surface area contributed by atoms with E-state index < -0.39 is 5.79 Å². The number of Topliss-reactive ketones (excluding diaryl/α,β-unsaturated/α-hetero) is 1. The molecule has 3 nitrogen and oxygen atoms in total. The monoisotopic (exact) mass is 168 g/mol. The van der Waals surface area contributed by atoms with E-state index in [0.29, 0.717) is 24.9 Å². The van der Waals surface area contributed by atoms with E-state index in [2.05, 4.69) is 0 Å². The van der Waals surface area contributed by atoms with Gasteiger partial charge in [-0.05, 0) is 12.3 Å². The lowest BCUT2D eigenvalue weighted by Gasteiger charge is -2.30. The van der Waals surface area contributed by atoms with Gasteiger partial charge in [-0.15, -0.1) is 0 Å². The molecule has 3 fully saturated rings. The van der Waals surface area contributed by atoms with Crippen LogP contribution < -0.4 is 0 Å². The van der Waals surface area contributed by atoms with Gasteiger partial charge in [0.1, 0.15) is 5.78 Å². The lowest BCUT2D eigenvalue weighted by molar-refractivity contribution is -0.191. The highest BCUT2D eigenvalue weighted by molar-refractivity contribution is 5.85. The minimum absolute atomic E-state index is 0.0602. The van der Waals surface area contributed by atoms with Crippen LogP contribution in [0.2, 0.25) is 0 Å². The third-order valence-corrected chi connectivity index (χ3v) is 3.33. The van der Waals surface area contributed by atoms with Crippen molar-refractivity contribution in [2.75, 3.05) is 13.2 Å². The first kappa shape index (κ1) is 7.04. The van der Waals surface area contributed by atoms with Crippen LogP contribution in [0.5, 0.6) is 0 Å².